The SMILES string of the molecule is CC(C)C(NC(=O)C(N)CCC(=O)O)C(=O)NC(Cc1c[nH]c2ccccc12)C(=O)NC(Cc1ccccc1)C(=O)O. The maximum Gasteiger partial charge on any atom is 0.326 e. The van der Waals surface area contributed by atoms with Crippen LogP contribution in [0.1, 0.15) is 37.8 Å². The predicted octanol–water partition coefficient (Wildman–Crippen LogP) is 1.34. The van der Waals surface area contributed by atoms with Crippen molar-refractivity contribution < 1.29 is 34.2 Å². The van der Waals surface area contributed by atoms with Crippen molar-refractivity contribution in [3.8, 4) is 0 Å². The summed E-state index contributed by atoms with van der Waals surface area (Å²) in [7, 11) is 0. The second kappa shape index (κ2) is 14.8. The number of carboxylic acid groups (broad SMARTS) is 2. The molecule has 2 aromatic carbocycles. The van der Waals surface area contributed by atoms with E-state index in [1.165, 1.54) is 0 Å². The highest BCUT2D eigenvalue weighted by Gasteiger charge is 2.32. The van der Waals surface area contributed by atoms with Gasteiger partial charge in [0, 0.05) is 36.4 Å². The van der Waals surface area contributed by atoms with Crippen molar-refractivity contribution in [2.75, 3.05) is 0 Å². The molecule has 4 atom stereocenters. The third-order valence-corrected chi connectivity index (χ3v) is 6.88. The lowest BCUT2D eigenvalue weighted by Crippen LogP contribution is -2.59. The van der Waals surface area contributed by atoms with E-state index >= 15 is 0 Å². The fourth-order valence-electron chi connectivity index (χ4n) is 4.52. The number of H-pyrrole nitrogens is 1. The van der Waals surface area contributed by atoms with Crippen LogP contribution in [0.5, 0.6) is 0 Å². The van der Waals surface area contributed by atoms with Crippen LogP contribution < -0.4 is 21.7 Å². The van der Waals surface area contributed by atoms with Crippen molar-refractivity contribution in [2.45, 2.75) is 63.7 Å². The molecule has 0 saturated carbocycles. The van der Waals surface area contributed by atoms with Crippen LogP contribution >= 0.6 is 0 Å². The number of aromatic nitrogens is 1. The van der Waals surface area contributed by atoms with Gasteiger partial charge in [0.2, 0.25) is 17.7 Å². The van der Waals surface area contributed by atoms with Crippen molar-refractivity contribution >= 4 is 40.6 Å². The summed E-state index contributed by atoms with van der Waals surface area (Å²) in [5.74, 6) is -4.82. The number of fused-ring (bicyclic) bond motifs is 1. The summed E-state index contributed by atoms with van der Waals surface area (Å²) in [6.07, 6.45) is 1.37. The Hall–Kier alpha value is -4.71. The first-order valence-corrected chi connectivity index (χ1v) is 13.7. The Labute approximate surface area is 243 Å². The molecular weight excluding hydrogens is 542 g/mol. The lowest BCUT2D eigenvalue weighted by Gasteiger charge is -2.27. The fraction of sp³-hybridized carbons (Fsp3) is 0.367. The number of nitrogens with one attached hydrogen (secondary N) is 4. The van der Waals surface area contributed by atoms with Crippen molar-refractivity contribution in [1.29, 1.82) is 0 Å². The number of nitrogens with two attached hydrogens (primary N) is 1. The Morgan fingerprint density at radius 3 is 2.10 bits per heavy atom. The number of para-hydroxylation sites is 1. The quantitative estimate of drug-likeness (QED) is 0.140. The maximum atomic E-state index is 13.6. The summed E-state index contributed by atoms with van der Waals surface area (Å²) in [6.45, 7) is 3.39. The molecule has 0 radical (unpaired) electrons. The summed E-state index contributed by atoms with van der Waals surface area (Å²) in [4.78, 5) is 65.7. The number of hydrogen-bond donors (Lipinski definition) is 7. The molecular formula is C30H37N5O7. The van der Waals surface area contributed by atoms with Gasteiger partial charge in [-0.1, -0.05) is 62.4 Å². The molecule has 0 aliphatic rings. The van der Waals surface area contributed by atoms with E-state index in [1.54, 1.807) is 50.4 Å². The van der Waals surface area contributed by atoms with Gasteiger partial charge in [-0.15, -0.1) is 0 Å². The third-order valence-electron chi connectivity index (χ3n) is 6.88. The van der Waals surface area contributed by atoms with Gasteiger partial charge in [-0.25, -0.2) is 4.79 Å². The number of rotatable bonds is 15. The minimum atomic E-state index is -1.25. The summed E-state index contributed by atoms with van der Waals surface area (Å²) in [5, 5.41) is 27.4. The topological polar surface area (TPSA) is 204 Å². The van der Waals surface area contributed by atoms with E-state index in [9.17, 15) is 29.1 Å². The number of carboxylic acids is 2. The van der Waals surface area contributed by atoms with Gasteiger partial charge in [0.15, 0.2) is 0 Å². The van der Waals surface area contributed by atoms with E-state index < -0.39 is 59.7 Å². The highest BCUT2D eigenvalue weighted by molar-refractivity contribution is 5.95. The van der Waals surface area contributed by atoms with Crippen LogP contribution in [0.25, 0.3) is 10.9 Å². The van der Waals surface area contributed by atoms with Crippen LogP contribution in [-0.2, 0) is 36.8 Å². The molecule has 224 valence electrons. The first kappa shape index (κ1) is 31.8. The second-order valence-electron chi connectivity index (χ2n) is 10.5. The Kier molecular flexibility index (Phi) is 11.2. The first-order valence-electron chi connectivity index (χ1n) is 13.7. The predicted molar refractivity (Wildman–Crippen MR) is 155 cm³/mol. The Morgan fingerprint density at radius 1 is 0.810 bits per heavy atom. The number of carbonyl (C=O) groups is 5. The van der Waals surface area contributed by atoms with Gasteiger partial charge in [0.25, 0.3) is 0 Å². The summed E-state index contributed by atoms with van der Waals surface area (Å²) in [6, 6.07) is 11.6. The minimum absolute atomic E-state index is 0.0363. The zero-order valence-electron chi connectivity index (χ0n) is 23.5. The molecule has 0 bridgehead atoms. The standard InChI is InChI=1S/C30H37N5O7/c1-17(2)26(35-27(38)21(31)12-13-25(36)37)29(40)33-23(15-19-16-32-22-11-7-6-10-20(19)22)28(39)34-24(30(41)42)14-18-8-4-3-5-9-18/h3-11,16-17,21,23-24,26,32H,12-15,31H2,1-2H3,(H,33,40)(H,34,39)(H,35,38)(H,36,37)(H,41,42). The van der Waals surface area contributed by atoms with Crippen molar-refractivity contribution in [3.05, 3.63) is 71.9 Å². The molecule has 42 heavy (non-hydrogen) atoms. The van der Waals surface area contributed by atoms with Crippen LogP contribution in [0.3, 0.4) is 0 Å². The molecule has 0 saturated heterocycles. The average Bonchev–Trinajstić information content (AvgIpc) is 3.36. The van der Waals surface area contributed by atoms with Gasteiger partial charge >= 0.3 is 11.9 Å². The summed E-state index contributed by atoms with van der Waals surface area (Å²) >= 11 is 0. The number of amides is 3. The van der Waals surface area contributed by atoms with Crippen LogP contribution in [0.2, 0.25) is 0 Å². The van der Waals surface area contributed by atoms with Crippen molar-refractivity contribution in [2.24, 2.45) is 11.7 Å². The van der Waals surface area contributed by atoms with Crippen molar-refractivity contribution in [3.63, 3.8) is 0 Å². The first-order chi connectivity index (χ1) is 20.0. The monoisotopic (exact) mass is 579 g/mol. The zero-order chi connectivity index (χ0) is 30.8. The summed E-state index contributed by atoms with van der Waals surface area (Å²) in [5.41, 5.74) is 8.09. The van der Waals surface area contributed by atoms with Gasteiger partial charge in [-0.2, -0.15) is 0 Å². The normalized spacial score (nSPS) is 14.0. The number of benzene rings is 2. The molecule has 3 amide bonds. The van der Waals surface area contributed by atoms with Gasteiger partial charge < -0.3 is 36.9 Å². The number of carbonyl (C=O) groups excluding carboxylic acids is 3. The zero-order valence-corrected chi connectivity index (χ0v) is 23.5. The highest BCUT2D eigenvalue weighted by atomic mass is 16.4. The number of hydrogen-bond acceptors (Lipinski definition) is 6. The fourth-order valence-corrected chi connectivity index (χ4v) is 4.52. The molecule has 1 heterocycles. The largest absolute Gasteiger partial charge is 0.481 e. The molecule has 8 N–H and O–H groups in total. The second-order valence-corrected chi connectivity index (χ2v) is 10.5. The lowest BCUT2D eigenvalue weighted by atomic mass is 9.99. The summed E-state index contributed by atoms with van der Waals surface area (Å²) < 4.78 is 0. The molecule has 3 aromatic rings. The van der Waals surface area contributed by atoms with E-state index in [2.05, 4.69) is 20.9 Å². The van der Waals surface area contributed by atoms with E-state index in [1.807, 2.05) is 24.3 Å². The Morgan fingerprint density at radius 2 is 1.45 bits per heavy atom. The Balaban J connectivity index is 1.83. The molecule has 0 spiro atoms. The van der Waals surface area contributed by atoms with Gasteiger partial charge in [0.1, 0.15) is 18.1 Å². The number of aliphatic carboxylic acids is 2. The van der Waals surface area contributed by atoms with E-state index in [-0.39, 0.29) is 25.7 Å². The van der Waals surface area contributed by atoms with E-state index in [4.69, 9.17) is 10.8 Å². The number of aromatic amines is 1. The van der Waals surface area contributed by atoms with Gasteiger partial charge in [-0.05, 0) is 29.5 Å². The van der Waals surface area contributed by atoms with Crippen LogP contribution in [-0.4, -0.2) is 69.0 Å². The molecule has 0 fully saturated rings. The molecule has 0 aliphatic heterocycles. The molecule has 0 aliphatic carbocycles. The third kappa shape index (κ3) is 8.90. The molecule has 4 unspecified atom stereocenters. The highest BCUT2D eigenvalue weighted by Crippen LogP contribution is 2.19. The van der Waals surface area contributed by atoms with E-state index in [0.717, 1.165) is 16.5 Å². The van der Waals surface area contributed by atoms with Gasteiger partial charge in [-0.3, -0.25) is 19.2 Å². The molecule has 1 aromatic heterocycles. The minimum Gasteiger partial charge on any atom is -0.481 e. The van der Waals surface area contributed by atoms with Gasteiger partial charge in [0.05, 0.1) is 6.04 Å². The molecule has 12 nitrogen and oxygen atoms in total. The van der Waals surface area contributed by atoms with E-state index in [0.29, 0.717) is 5.56 Å². The molecule has 12 heteroatoms. The van der Waals surface area contributed by atoms with Crippen molar-refractivity contribution in [1.82, 2.24) is 20.9 Å². The lowest BCUT2D eigenvalue weighted by molar-refractivity contribution is -0.142. The molecule has 3 rings (SSSR count). The smallest absolute Gasteiger partial charge is 0.326 e. The van der Waals surface area contributed by atoms with Crippen LogP contribution in [0.4, 0.5) is 0 Å². The maximum absolute atomic E-state index is 13.6. The Bertz CT molecular complexity index is 1410. The average molecular weight is 580 g/mol. The van der Waals surface area contributed by atoms with Crippen LogP contribution in [0.15, 0.2) is 60.8 Å². The van der Waals surface area contributed by atoms with Crippen LogP contribution in [0, 0.1) is 5.92 Å².